The molecule has 0 fully saturated rings. The van der Waals surface area contributed by atoms with E-state index in [1.165, 1.54) is 22.3 Å². The molecule has 12 rings (SSSR count). The zero-order valence-electron chi connectivity index (χ0n) is 31.3. The van der Waals surface area contributed by atoms with E-state index in [0.717, 1.165) is 83.6 Å². The minimum absolute atomic E-state index is 0.590. The van der Waals surface area contributed by atoms with Gasteiger partial charge in [0.2, 0.25) is 0 Å². The SMILES string of the molecule is c1ccc(-c2cc(-c3ccc4nc(-c5ccccc5)c5ccc6c(c5c4c3)Oc3ccccc3C63c4ccccc4-c4ccccc43)nc(-c3ccccc3)n2)cc1. The van der Waals surface area contributed by atoms with Gasteiger partial charge >= 0.3 is 0 Å². The molecule has 58 heavy (non-hydrogen) atoms. The zero-order valence-corrected chi connectivity index (χ0v) is 31.3. The fraction of sp³-hybridized carbons (Fsp3) is 0.0185. The molecule has 10 aromatic rings. The quantitative estimate of drug-likeness (QED) is 0.169. The van der Waals surface area contributed by atoms with Crippen molar-refractivity contribution in [2.45, 2.75) is 5.41 Å². The summed E-state index contributed by atoms with van der Waals surface area (Å²) >= 11 is 0. The Kier molecular flexibility index (Phi) is 7.11. The van der Waals surface area contributed by atoms with Crippen molar-refractivity contribution in [3.8, 4) is 67.8 Å². The molecule has 8 aromatic carbocycles. The second-order valence-corrected chi connectivity index (χ2v) is 15.1. The van der Waals surface area contributed by atoms with Crippen LogP contribution in [0, 0.1) is 0 Å². The van der Waals surface area contributed by atoms with Crippen LogP contribution in [0.3, 0.4) is 0 Å². The van der Waals surface area contributed by atoms with Crippen molar-refractivity contribution in [1.29, 1.82) is 0 Å². The van der Waals surface area contributed by atoms with E-state index < -0.39 is 5.41 Å². The third-order valence-corrected chi connectivity index (χ3v) is 11.9. The first-order valence-corrected chi connectivity index (χ1v) is 19.7. The Morgan fingerprint density at radius 2 is 0.948 bits per heavy atom. The van der Waals surface area contributed by atoms with Crippen LogP contribution in [-0.4, -0.2) is 15.0 Å². The van der Waals surface area contributed by atoms with Gasteiger partial charge in [0.1, 0.15) is 11.5 Å². The monoisotopic (exact) mass is 739 g/mol. The van der Waals surface area contributed by atoms with Gasteiger partial charge in [0.25, 0.3) is 0 Å². The van der Waals surface area contributed by atoms with Crippen molar-refractivity contribution in [2.24, 2.45) is 0 Å². The maximum Gasteiger partial charge on any atom is 0.160 e. The summed E-state index contributed by atoms with van der Waals surface area (Å²) in [5, 5.41) is 3.06. The van der Waals surface area contributed by atoms with E-state index in [-0.39, 0.29) is 0 Å². The lowest BCUT2D eigenvalue weighted by molar-refractivity contribution is 0.442. The number of pyridine rings is 1. The van der Waals surface area contributed by atoms with Crippen molar-refractivity contribution < 1.29 is 4.74 Å². The molecule has 0 unspecified atom stereocenters. The average Bonchev–Trinajstić information content (AvgIpc) is 3.59. The van der Waals surface area contributed by atoms with Crippen LogP contribution < -0.4 is 4.74 Å². The molecule has 0 N–H and O–H groups in total. The second-order valence-electron chi connectivity index (χ2n) is 15.1. The topological polar surface area (TPSA) is 47.9 Å². The standard InChI is InChI=1S/C54H33N3O/c1-4-16-34(17-5-1)47-33-48(57-53(56-47)36-20-8-3-9-21-36)37-28-31-46-41(32-37)50-40(51(55-46)35-18-6-2-7-19-35)29-30-45-52(50)58-49-27-15-14-26-44(49)54(45)42-24-12-10-22-38(42)39-23-11-13-25-43(39)54/h1-33H. The molecule has 0 saturated heterocycles. The summed E-state index contributed by atoms with van der Waals surface area (Å²) in [6.07, 6.45) is 0. The van der Waals surface area contributed by atoms with Gasteiger partial charge in [0.15, 0.2) is 5.82 Å². The summed E-state index contributed by atoms with van der Waals surface area (Å²) < 4.78 is 7.25. The van der Waals surface area contributed by atoms with Crippen LogP contribution in [0.25, 0.3) is 78.0 Å². The molecule has 1 aliphatic carbocycles. The zero-order chi connectivity index (χ0) is 38.2. The van der Waals surface area contributed by atoms with Gasteiger partial charge in [0.05, 0.1) is 28.0 Å². The number of fused-ring (bicyclic) bond motifs is 13. The van der Waals surface area contributed by atoms with Crippen molar-refractivity contribution in [3.63, 3.8) is 0 Å². The highest BCUT2D eigenvalue weighted by atomic mass is 16.5. The minimum atomic E-state index is -0.590. The fourth-order valence-corrected chi connectivity index (χ4v) is 9.44. The number of rotatable bonds is 4. The smallest absolute Gasteiger partial charge is 0.160 e. The van der Waals surface area contributed by atoms with Crippen molar-refractivity contribution in [1.82, 2.24) is 15.0 Å². The van der Waals surface area contributed by atoms with Crippen LogP contribution in [-0.2, 0) is 5.41 Å². The first-order valence-electron chi connectivity index (χ1n) is 19.7. The first kappa shape index (κ1) is 32.5. The van der Waals surface area contributed by atoms with Gasteiger partial charge in [-0.15, -0.1) is 0 Å². The van der Waals surface area contributed by atoms with Gasteiger partial charge in [-0.3, -0.25) is 0 Å². The number of benzene rings is 8. The van der Waals surface area contributed by atoms with E-state index in [1.807, 2.05) is 36.4 Å². The van der Waals surface area contributed by atoms with Crippen LogP contribution in [0.2, 0.25) is 0 Å². The van der Waals surface area contributed by atoms with E-state index in [1.54, 1.807) is 0 Å². The third-order valence-electron chi connectivity index (χ3n) is 11.9. The number of para-hydroxylation sites is 1. The molecule has 0 saturated carbocycles. The molecular formula is C54H33N3O. The van der Waals surface area contributed by atoms with Gasteiger partial charge in [-0.1, -0.05) is 176 Å². The Bertz CT molecular complexity index is 3150. The molecular weight excluding hydrogens is 707 g/mol. The predicted molar refractivity (Wildman–Crippen MR) is 234 cm³/mol. The third kappa shape index (κ3) is 4.72. The molecule has 4 heteroatoms. The maximum absolute atomic E-state index is 7.25. The number of hydrogen-bond donors (Lipinski definition) is 0. The molecule has 2 aromatic heterocycles. The molecule has 2 aliphatic rings. The van der Waals surface area contributed by atoms with Crippen molar-refractivity contribution >= 4 is 21.7 Å². The summed E-state index contributed by atoms with van der Waals surface area (Å²) in [6, 6.07) is 70.5. The van der Waals surface area contributed by atoms with E-state index in [9.17, 15) is 0 Å². The van der Waals surface area contributed by atoms with E-state index >= 15 is 0 Å². The maximum atomic E-state index is 7.25. The number of nitrogens with zero attached hydrogens (tertiary/aromatic N) is 3. The Labute approximate surface area is 335 Å². The molecule has 4 nitrogen and oxygen atoms in total. The van der Waals surface area contributed by atoms with Crippen LogP contribution in [0.5, 0.6) is 11.5 Å². The molecule has 0 atom stereocenters. The lowest BCUT2D eigenvalue weighted by Gasteiger charge is -2.40. The van der Waals surface area contributed by atoms with Crippen molar-refractivity contribution in [3.05, 3.63) is 222 Å². The van der Waals surface area contributed by atoms with Crippen LogP contribution in [0.1, 0.15) is 22.3 Å². The lowest BCUT2D eigenvalue weighted by atomic mass is 9.65. The lowest BCUT2D eigenvalue weighted by Crippen LogP contribution is -2.32. The summed E-state index contributed by atoms with van der Waals surface area (Å²) in [6.45, 7) is 0. The molecule has 3 heterocycles. The van der Waals surface area contributed by atoms with Gasteiger partial charge in [-0.2, -0.15) is 0 Å². The summed E-state index contributed by atoms with van der Waals surface area (Å²) in [4.78, 5) is 15.7. The van der Waals surface area contributed by atoms with Gasteiger partial charge in [-0.25, -0.2) is 15.0 Å². The average molecular weight is 740 g/mol. The summed E-state index contributed by atoms with van der Waals surface area (Å²) in [5.74, 6) is 2.38. The molecule has 0 bridgehead atoms. The Balaban J connectivity index is 1.19. The molecule has 0 amide bonds. The van der Waals surface area contributed by atoms with E-state index in [0.29, 0.717) is 5.82 Å². The molecule has 270 valence electrons. The van der Waals surface area contributed by atoms with Crippen LogP contribution in [0.4, 0.5) is 0 Å². The first-order chi connectivity index (χ1) is 28.8. The van der Waals surface area contributed by atoms with Gasteiger partial charge in [-0.05, 0) is 46.5 Å². The summed E-state index contributed by atoms with van der Waals surface area (Å²) in [5.41, 5.74) is 14.2. The largest absolute Gasteiger partial charge is 0.456 e. The predicted octanol–water partition coefficient (Wildman–Crippen LogP) is 13.3. The molecule has 1 spiro atoms. The number of ether oxygens (including phenoxy) is 1. The Morgan fingerprint density at radius 3 is 1.64 bits per heavy atom. The normalized spacial score (nSPS) is 13.1. The van der Waals surface area contributed by atoms with Crippen LogP contribution in [0.15, 0.2) is 200 Å². The van der Waals surface area contributed by atoms with E-state index in [4.69, 9.17) is 19.7 Å². The second kappa shape index (κ2) is 12.7. The molecule has 1 aliphatic heterocycles. The highest BCUT2D eigenvalue weighted by Gasteiger charge is 2.51. The molecule has 0 radical (unpaired) electrons. The Hall–Kier alpha value is -7.69. The van der Waals surface area contributed by atoms with E-state index in [2.05, 4.69) is 164 Å². The van der Waals surface area contributed by atoms with Crippen molar-refractivity contribution in [2.75, 3.05) is 0 Å². The number of aromatic nitrogens is 3. The van der Waals surface area contributed by atoms with Gasteiger partial charge in [0, 0.05) is 49.5 Å². The summed E-state index contributed by atoms with van der Waals surface area (Å²) in [7, 11) is 0. The number of hydrogen-bond acceptors (Lipinski definition) is 4. The highest BCUT2D eigenvalue weighted by Crippen LogP contribution is 2.63. The fourth-order valence-electron chi connectivity index (χ4n) is 9.44. The highest BCUT2D eigenvalue weighted by molar-refractivity contribution is 6.16. The minimum Gasteiger partial charge on any atom is -0.456 e. The van der Waals surface area contributed by atoms with Crippen LogP contribution >= 0.6 is 0 Å². The Morgan fingerprint density at radius 1 is 0.379 bits per heavy atom. The van der Waals surface area contributed by atoms with Gasteiger partial charge < -0.3 is 4.74 Å².